The fourth-order valence-electron chi connectivity index (χ4n) is 2.20. The number of nitrogens with one attached hydrogen (secondary N) is 1. The second kappa shape index (κ2) is 8.04. The quantitative estimate of drug-likeness (QED) is 0.659. The van der Waals surface area contributed by atoms with E-state index >= 15 is 0 Å². The van der Waals surface area contributed by atoms with E-state index in [1.807, 2.05) is 37.3 Å². The van der Waals surface area contributed by atoms with Gasteiger partial charge in [-0.1, -0.05) is 41.6 Å². The summed E-state index contributed by atoms with van der Waals surface area (Å²) in [6.07, 6.45) is 0. The first-order chi connectivity index (χ1) is 12.6. The number of hydrogen-bond acceptors (Lipinski definition) is 6. The van der Waals surface area contributed by atoms with E-state index in [9.17, 15) is 4.79 Å². The van der Waals surface area contributed by atoms with Gasteiger partial charge in [-0.2, -0.15) is 5.26 Å². The lowest BCUT2D eigenvalue weighted by atomic mass is 10.1. The van der Waals surface area contributed by atoms with E-state index in [-0.39, 0.29) is 16.7 Å². The predicted octanol–water partition coefficient (Wildman–Crippen LogP) is 4.30. The van der Waals surface area contributed by atoms with Crippen LogP contribution in [-0.2, 0) is 4.79 Å². The molecule has 1 heterocycles. The lowest BCUT2D eigenvalue weighted by molar-refractivity contribution is -0.113. The molecule has 0 aliphatic carbocycles. The first-order valence-corrected chi connectivity index (χ1v) is 8.95. The summed E-state index contributed by atoms with van der Waals surface area (Å²) in [5.74, 6) is 0.281. The zero-order chi connectivity index (χ0) is 18.5. The monoisotopic (exact) mass is 384 g/mol. The van der Waals surface area contributed by atoms with E-state index in [1.165, 1.54) is 6.07 Å². The molecule has 2 aromatic carbocycles. The summed E-state index contributed by atoms with van der Waals surface area (Å²) >= 11 is 7.09. The highest BCUT2D eigenvalue weighted by atomic mass is 35.5. The second-order valence-corrected chi connectivity index (χ2v) is 6.67. The Morgan fingerprint density at radius 3 is 2.85 bits per heavy atom. The van der Waals surface area contributed by atoms with Crippen molar-refractivity contribution in [2.24, 2.45) is 0 Å². The highest BCUT2D eigenvalue weighted by Gasteiger charge is 2.13. The maximum Gasteiger partial charge on any atom is 0.277 e. The number of halogens is 1. The molecule has 1 N–H and O–H groups in total. The first kappa shape index (κ1) is 18.0. The summed E-state index contributed by atoms with van der Waals surface area (Å²) in [4.78, 5) is 12.1. The number of carbonyl (C=O) groups excluding carboxylic acids is 1. The Labute approximate surface area is 159 Å². The molecular weight excluding hydrogens is 372 g/mol. The molecule has 0 fully saturated rings. The minimum atomic E-state index is -0.244. The molecule has 0 atom stereocenters. The number of nitrogens with zero attached hydrogens (tertiary/aromatic N) is 3. The summed E-state index contributed by atoms with van der Waals surface area (Å²) < 4.78 is 5.60. The van der Waals surface area contributed by atoms with Crippen molar-refractivity contribution in [2.75, 3.05) is 11.1 Å². The summed E-state index contributed by atoms with van der Waals surface area (Å²) in [6.45, 7) is 1.96. The standard InChI is InChI=1S/C18H13ClN4O2S/c1-11-4-2-3-5-14(11)17-22-23-18(25-17)26-10-16(24)21-13-7-6-12(9-20)15(19)8-13/h2-8H,10H2,1H3,(H,21,24). The number of aromatic nitrogens is 2. The molecule has 6 nitrogen and oxygen atoms in total. The highest BCUT2D eigenvalue weighted by molar-refractivity contribution is 7.99. The molecule has 0 saturated carbocycles. The molecule has 0 aliphatic heterocycles. The van der Waals surface area contributed by atoms with E-state index < -0.39 is 0 Å². The van der Waals surface area contributed by atoms with Crippen LogP contribution in [0, 0.1) is 18.3 Å². The van der Waals surface area contributed by atoms with Crippen molar-refractivity contribution in [3.63, 3.8) is 0 Å². The van der Waals surface area contributed by atoms with Gasteiger partial charge in [-0.05, 0) is 36.8 Å². The molecule has 0 saturated heterocycles. The Morgan fingerprint density at radius 1 is 1.31 bits per heavy atom. The van der Waals surface area contributed by atoms with Crippen molar-refractivity contribution in [3.05, 3.63) is 58.6 Å². The van der Waals surface area contributed by atoms with Crippen LogP contribution in [0.2, 0.25) is 5.02 Å². The first-order valence-electron chi connectivity index (χ1n) is 7.58. The van der Waals surface area contributed by atoms with E-state index in [1.54, 1.807) is 12.1 Å². The van der Waals surface area contributed by atoms with Gasteiger partial charge in [0.15, 0.2) is 0 Å². The molecule has 0 bridgehead atoms. The number of thioether (sulfide) groups is 1. The Bertz CT molecular complexity index is 997. The summed E-state index contributed by atoms with van der Waals surface area (Å²) in [5, 5.41) is 20.1. The van der Waals surface area contributed by atoms with Crippen molar-refractivity contribution >= 4 is 35.0 Å². The number of amides is 1. The largest absolute Gasteiger partial charge is 0.411 e. The molecule has 1 aromatic heterocycles. The SMILES string of the molecule is Cc1ccccc1-c1nnc(SCC(=O)Nc2ccc(C#N)c(Cl)c2)o1. The van der Waals surface area contributed by atoms with Crippen LogP contribution in [0.3, 0.4) is 0 Å². The maximum atomic E-state index is 12.1. The van der Waals surface area contributed by atoms with Gasteiger partial charge in [0.25, 0.3) is 5.22 Å². The molecule has 0 unspecified atom stereocenters. The fraction of sp³-hybridized carbons (Fsp3) is 0.111. The van der Waals surface area contributed by atoms with Crippen LogP contribution < -0.4 is 5.32 Å². The van der Waals surface area contributed by atoms with Crippen molar-refractivity contribution in [2.45, 2.75) is 12.1 Å². The molecule has 8 heteroatoms. The number of hydrogen-bond donors (Lipinski definition) is 1. The molecule has 0 radical (unpaired) electrons. The van der Waals surface area contributed by atoms with Crippen LogP contribution in [0.1, 0.15) is 11.1 Å². The Kier molecular flexibility index (Phi) is 5.56. The van der Waals surface area contributed by atoms with Crippen LogP contribution in [0.15, 0.2) is 52.1 Å². The van der Waals surface area contributed by atoms with Crippen molar-refractivity contribution in [1.82, 2.24) is 10.2 Å². The molecule has 1 amide bonds. The van der Waals surface area contributed by atoms with Gasteiger partial charge in [0.2, 0.25) is 11.8 Å². The molecule has 130 valence electrons. The number of aryl methyl sites for hydroxylation is 1. The summed E-state index contributed by atoms with van der Waals surface area (Å²) in [5.41, 5.74) is 2.77. The van der Waals surface area contributed by atoms with E-state index in [2.05, 4.69) is 15.5 Å². The van der Waals surface area contributed by atoms with E-state index in [0.717, 1.165) is 22.9 Å². The zero-order valence-electron chi connectivity index (χ0n) is 13.7. The van der Waals surface area contributed by atoms with Gasteiger partial charge in [0, 0.05) is 11.3 Å². The highest BCUT2D eigenvalue weighted by Crippen LogP contribution is 2.26. The summed E-state index contributed by atoms with van der Waals surface area (Å²) in [7, 11) is 0. The molecular formula is C18H13ClN4O2S. The van der Waals surface area contributed by atoms with Crippen molar-refractivity contribution in [3.8, 4) is 17.5 Å². The van der Waals surface area contributed by atoms with Crippen molar-refractivity contribution in [1.29, 1.82) is 5.26 Å². The maximum absolute atomic E-state index is 12.1. The minimum absolute atomic E-state index is 0.104. The van der Waals surface area contributed by atoms with Gasteiger partial charge in [-0.25, -0.2) is 0 Å². The number of rotatable bonds is 5. The third-order valence-electron chi connectivity index (χ3n) is 3.48. The van der Waals surface area contributed by atoms with Crippen LogP contribution in [0.25, 0.3) is 11.5 Å². The zero-order valence-corrected chi connectivity index (χ0v) is 15.3. The summed E-state index contributed by atoms with van der Waals surface area (Å²) in [6, 6.07) is 14.4. The predicted molar refractivity (Wildman–Crippen MR) is 100.0 cm³/mol. The van der Waals surface area contributed by atoms with E-state index in [0.29, 0.717) is 22.4 Å². The second-order valence-electron chi connectivity index (χ2n) is 5.33. The Balaban J connectivity index is 1.59. The van der Waals surface area contributed by atoms with Crippen LogP contribution >= 0.6 is 23.4 Å². The number of nitriles is 1. The van der Waals surface area contributed by atoms with Crippen LogP contribution in [0.5, 0.6) is 0 Å². The number of carbonyl (C=O) groups is 1. The molecule has 0 spiro atoms. The lowest BCUT2D eigenvalue weighted by Crippen LogP contribution is -2.14. The van der Waals surface area contributed by atoms with Gasteiger partial charge >= 0.3 is 0 Å². The fourth-order valence-corrected chi connectivity index (χ4v) is 2.98. The third kappa shape index (κ3) is 4.23. The van der Waals surface area contributed by atoms with Gasteiger partial charge in [0.05, 0.1) is 16.3 Å². The topological polar surface area (TPSA) is 91.8 Å². The van der Waals surface area contributed by atoms with Crippen molar-refractivity contribution < 1.29 is 9.21 Å². The van der Waals surface area contributed by atoms with Crippen LogP contribution in [0.4, 0.5) is 5.69 Å². The van der Waals surface area contributed by atoms with Gasteiger partial charge in [0.1, 0.15) is 6.07 Å². The Morgan fingerprint density at radius 2 is 2.12 bits per heavy atom. The molecule has 3 rings (SSSR count). The van der Waals surface area contributed by atoms with Gasteiger partial charge < -0.3 is 9.73 Å². The normalized spacial score (nSPS) is 10.3. The van der Waals surface area contributed by atoms with Gasteiger partial charge in [-0.15, -0.1) is 10.2 Å². The lowest BCUT2D eigenvalue weighted by Gasteiger charge is -2.05. The molecule has 3 aromatic rings. The van der Waals surface area contributed by atoms with E-state index in [4.69, 9.17) is 21.3 Å². The van der Waals surface area contributed by atoms with Gasteiger partial charge in [-0.3, -0.25) is 4.79 Å². The number of anilines is 1. The average molecular weight is 385 g/mol. The van der Waals surface area contributed by atoms with Crippen LogP contribution in [-0.4, -0.2) is 21.9 Å². The molecule has 26 heavy (non-hydrogen) atoms. The average Bonchev–Trinajstić information content (AvgIpc) is 3.09. The molecule has 0 aliphatic rings. The third-order valence-corrected chi connectivity index (χ3v) is 4.61. The number of benzene rings is 2. The minimum Gasteiger partial charge on any atom is -0.411 e. The Hall–Kier alpha value is -2.82. The smallest absolute Gasteiger partial charge is 0.277 e.